The molecule has 2 unspecified atom stereocenters. The maximum absolute atomic E-state index is 12.7. The van der Waals surface area contributed by atoms with Gasteiger partial charge < -0.3 is 30.7 Å². The highest BCUT2D eigenvalue weighted by atomic mass is 79.9. The first-order valence-electron chi connectivity index (χ1n) is 9.97. The molecule has 0 aromatic carbocycles. The van der Waals surface area contributed by atoms with Crippen LogP contribution in [0.4, 0.5) is 0 Å². The Bertz CT molecular complexity index is 751. The molecule has 8 nitrogen and oxygen atoms in total. The van der Waals surface area contributed by atoms with E-state index in [9.17, 15) is 24.9 Å². The number of rotatable bonds is 7. The van der Waals surface area contributed by atoms with E-state index in [1.165, 1.54) is 24.9 Å². The van der Waals surface area contributed by atoms with Gasteiger partial charge >= 0.3 is 0 Å². The summed E-state index contributed by atoms with van der Waals surface area (Å²) in [6.07, 6.45) is 2.50. The topological polar surface area (TPSA) is 128 Å². The molecular formula is C21H31BrN2O6S. The van der Waals surface area contributed by atoms with Gasteiger partial charge in [-0.25, -0.2) is 0 Å². The Morgan fingerprint density at radius 2 is 2.03 bits per heavy atom. The molecule has 1 aliphatic carbocycles. The summed E-state index contributed by atoms with van der Waals surface area (Å²) in [7, 11) is 1.21. The molecule has 1 aliphatic heterocycles. The van der Waals surface area contributed by atoms with E-state index in [0.717, 1.165) is 4.48 Å². The second-order valence-corrected chi connectivity index (χ2v) is 10.7. The van der Waals surface area contributed by atoms with Crippen LogP contribution < -0.4 is 10.6 Å². The van der Waals surface area contributed by atoms with Gasteiger partial charge in [-0.05, 0) is 5.41 Å². The minimum atomic E-state index is -1.70. The Hall–Kier alpha value is -1.17. The van der Waals surface area contributed by atoms with E-state index in [0.29, 0.717) is 5.75 Å². The Labute approximate surface area is 195 Å². The molecule has 0 aromatic heterocycles. The van der Waals surface area contributed by atoms with Crippen molar-refractivity contribution in [2.75, 3.05) is 12.9 Å². The van der Waals surface area contributed by atoms with Gasteiger partial charge in [-0.15, -0.1) is 11.8 Å². The lowest BCUT2D eigenvalue weighted by molar-refractivity contribution is -0.150. The number of carbonyl (C=O) groups excluding carboxylic acids is 2. The molecule has 0 bridgehead atoms. The second-order valence-electron chi connectivity index (χ2n) is 8.64. The fourth-order valence-corrected chi connectivity index (χ4v) is 5.20. The number of fused-ring (bicyclic) bond motifs is 1. The zero-order valence-corrected chi connectivity index (χ0v) is 20.4. The van der Waals surface area contributed by atoms with Crippen LogP contribution in [0.15, 0.2) is 34.9 Å². The molecule has 0 saturated carbocycles. The lowest BCUT2D eigenvalue weighted by atomic mass is 9.94. The van der Waals surface area contributed by atoms with Crippen LogP contribution in [0.1, 0.15) is 20.8 Å². The molecule has 5 N–H and O–H groups in total. The second kappa shape index (κ2) is 11.1. The number of methoxy groups -OCH3 is 1. The number of aliphatic hydroxyl groups excluding tert-OH is 3. The normalized spacial score (nSPS) is 28.1. The first-order valence-corrected chi connectivity index (χ1v) is 11.8. The maximum Gasteiger partial charge on any atom is 0.252 e. The van der Waals surface area contributed by atoms with Crippen LogP contribution in [0.3, 0.4) is 0 Å². The van der Waals surface area contributed by atoms with Gasteiger partial charge in [0.1, 0.15) is 24.4 Å². The summed E-state index contributed by atoms with van der Waals surface area (Å²) in [5.41, 5.74) is -0.231. The lowest BCUT2D eigenvalue weighted by Crippen LogP contribution is -2.56. The highest BCUT2D eigenvalue weighted by Crippen LogP contribution is 2.32. The van der Waals surface area contributed by atoms with Crippen molar-refractivity contribution in [3.63, 3.8) is 0 Å². The van der Waals surface area contributed by atoms with Crippen LogP contribution in [-0.2, 0) is 14.3 Å². The van der Waals surface area contributed by atoms with Crippen molar-refractivity contribution in [1.82, 2.24) is 10.6 Å². The molecule has 174 valence electrons. The quantitative estimate of drug-likeness (QED) is 0.312. The van der Waals surface area contributed by atoms with Crippen LogP contribution in [0.25, 0.3) is 0 Å². The maximum atomic E-state index is 12.7. The van der Waals surface area contributed by atoms with Gasteiger partial charge in [0.15, 0.2) is 6.10 Å². The minimum Gasteiger partial charge on any atom is -0.387 e. The van der Waals surface area contributed by atoms with E-state index in [1.54, 1.807) is 6.08 Å². The Kier molecular flexibility index (Phi) is 9.35. The van der Waals surface area contributed by atoms with Crippen LogP contribution in [0.2, 0.25) is 0 Å². The van der Waals surface area contributed by atoms with Gasteiger partial charge in [-0.2, -0.15) is 0 Å². The summed E-state index contributed by atoms with van der Waals surface area (Å²) in [6.45, 7) is 5.75. The molecule has 0 spiro atoms. The fourth-order valence-electron chi connectivity index (χ4n) is 3.13. The SMILES string of the molecule is CO[C@@H](C(=O)N[C@H]1CSC2C(Br)=CC=CC2NC1=O)[C@H](O)[C@@H](O)[C@H](O)/C=C/C(C)(C)C. The van der Waals surface area contributed by atoms with Crippen molar-refractivity contribution in [2.45, 2.75) is 62.5 Å². The molecule has 2 amide bonds. The van der Waals surface area contributed by atoms with Crippen molar-refractivity contribution in [2.24, 2.45) is 5.41 Å². The molecule has 2 rings (SSSR count). The Morgan fingerprint density at radius 3 is 2.65 bits per heavy atom. The van der Waals surface area contributed by atoms with Gasteiger partial charge in [-0.3, -0.25) is 9.59 Å². The number of ether oxygens (including phenoxy) is 1. The summed E-state index contributed by atoms with van der Waals surface area (Å²) in [5, 5.41) is 36.4. The molecule has 1 fully saturated rings. The predicted octanol–water partition coefficient (Wildman–Crippen LogP) is 0.620. The van der Waals surface area contributed by atoms with Crippen LogP contribution >= 0.6 is 27.7 Å². The smallest absolute Gasteiger partial charge is 0.252 e. The number of thioether (sulfide) groups is 1. The summed E-state index contributed by atoms with van der Waals surface area (Å²) >= 11 is 5.01. The molecule has 2 aliphatic rings. The van der Waals surface area contributed by atoms with E-state index < -0.39 is 36.4 Å². The van der Waals surface area contributed by atoms with Crippen LogP contribution in [-0.4, -0.2) is 81.7 Å². The number of halogens is 1. The number of carbonyl (C=O) groups is 2. The zero-order chi connectivity index (χ0) is 23.3. The fraction of sp³-hybridized carbons (Fsp3) is 0.619. The number of allylic oxidation sites excluding steroid dienone is 3. The van der Waals surface area contributed by atoms with Crippen LogP contribution in [0, 0.1) is 5.41 Å². The van der Waals surface area contributed by atoms with E-state index in [2.05, 4.69) is 26.6 Å². The standard InChI is InChI=1S/C21H31BrN2O6S/c1-21(2,3)9-8-14(25)15(26)16(27)17(30-4)20(29)24-13-10-31-18-11(22)6-5-7-12(18)23-19(13)28/h5-9,12-18,25-27H,10H2,1-4H3,(H,23,28)(H,24,29)/b9-8+/t12?,13-,14+,15-,16+,17+,18?/m0/s1. The molecule has 0 aromatic rings. The van der Waals surface area contributed by atoms with Crippen molar-refractivity contribution in [3.05, 3.63) is 34.9 Å². The summed E-state index contributed by atoms with van der Waals surface area (Å²) in [4.78, 5) is 25.3. The van der Waals surface area contributed by atoms with Crippen molar-refractivity contribution in [1.29, 1.82) is 0 Å². The highest BCUT2D eigenvalue weighted by molar-refractivity contribution is 9.11. The molecule has 31 heavy (non-hydrogen) atoms. The lowest BCUT2D eigenvalue weighted by Gasteiger charge is -2.28. The third-order valence-corrected chi connectivity index (χ3v) is 7.36. The van der Waals surface area contributed by atoms with E-state index >= 15 is 0 Å². The molecule has 0 radical (unpaired) electrons. The zero-order valence-electron chi connectivity index (χ0n) is 18.0. The predicted molar refractivity (Wildman–Crippen MR) is 124 cm³/mol. The summed E-state index contributed by atoms with van der Waals surface area (Å²) < 4.78 is 6.03. The molecule has 10 heteroatoms. The summed E-state index contributed by atoms with van der Waals surface area (Å²) in [5.74, 6) is -0.781. The van der Waals surface area contributed by atoms with Gasteiger partial charge in [0, 0.05) is 17.3 Å². The van der Waals surface area contributed by atoms with Crippen LogP contribution in [0.5, 0.6) is 0 Å². The van der Waals surface area contributed by atoms with Crippen molar-refractivity contribution >= 4 is 39.5 Å². The van der Waals surface area contributed by atoms with E-state index in [4.69, 9.17) is 4.74 Å². The molecule has 7 atom stereocenters. The highest BCUT2D eigenvalue weighted by Gasteiger charge is 2.39. The van der Waals surface area contributed by atoms with E-state index in [1.807, 2.05) is 39.0 Å². The third-order valence-electron chi connectivity index (χ3n) is 4.87. The van der Waals surface area contributed by atoms with E-state index in [-0.39, 0.29) is 22.6 Å². The average Bonchev–Trinajstić information content (AvgIpc) is 2.85. The average molecular weight is 519 g/mol. The number of aliphatic hydroxyl groups is 3. The third kappa shape index (κ3) is 7.16. The monoisotopic (exact) mass is 518 g/mol. The number of hydrogen-bond acceptors (Lipinski definition) is 7. The first kappa shape index (κ1) is 26.1. The van der Waals surface area contributed by atoms with Crippen molar-refractivity contribution in [3.8, 4) is 0 Å². The number of amides is 2. The van der Waals surface area contributed by atoms with Gasteiger partial charge in [0.25, 0.3) is 5.91 Å². The molecule has 1 saturated heterocycles. The Balaban J connectivity index is 2.03. The summed E-state index contributed by atoms with van der Waals surface area (Å²) in [6, 6.07) is -1.04. The molecule has 1 heterocycles. The minimum absolute atomic E-state index is 0.00578. The van der Waals surface area contributed by atoms with Crippen molar-refractivity contribution < 1.29 is 29.6 Å². The Morgan fingerprint density at radius 1 is 1.35 bits per heavy atom. The van der Waals surface area contributed by atoms with Gasteiger partial charge in [-0.1, -0.05) is 67.1 Å². The largest absolute Gasteiger partial charge is 0.387 e. The first-order chi connectivity index (χ1) is 14.4. The van der Waals surface area contributed by atoms with Gasteiger partial charge in [0.05, 0.1) is 11.3 Å². The number of nitrogens with one attached hydrogen (secondary N) is 2. The van der Waals surface area contributed by atoms with Gasteiger partial charge in [0.2, 0.25) is 5.91 Å². The molecular weight excluding hydrogens is 488 g/mol. The number of hydrogen-bond donors (Lipinski definition) is 5.